The second-order valence-electron chi connectivity index (χ2n) is 7.11. The number of phenols is 1. The first-order valence-corrected chi connectivity index (χ1v) is 10.5. The smallest absolute Gasteiger partial charge is 0.262 e. The summed E-state index contributed by atoms with van der Waals surface area (Å²) in [7, 11) is 0. The topological polar surface area (TPSA) is 52.6 Å². The Morgan fingerprint density at radius 1 is 0.967 bits per heavy atom. The van der Waals surface area contributed by atoms with Crippen molar-refractivity contribution in [2.75, 3.05) is 10.2 Å². The first kappa shape index (κ1) is 18.9. The number of amides is 1. The molecule has 148 valence electrons. The van der Waals surface area contributed by atoms with Gasteiger partial charge in [-0.1, -0.05) is 36.4 Å². The number of phenolic OH excluding ortho intramolecular Hbond substituents is 1. The van der Waals surface area contributed by atoms with Gasteiger partial charge in [-0.25, -0.2) is 4.39 Å². The third-order valence-electron chi connectivity index (χ3n) is 5.29. The highest BCUT2D eigenvalue weighted by Crippen LogP contribution is 2.42. The Morgan fingerprint density at radius 2 is 1.80 bits per heavy atom. The Hall–Kier alpha value is -3.13. The Morgan fingerprint density at radius 3 is 2.63 bits per heavy atom. The summed E-state index contributed by atoms with van der Waals surface area (Å²) in [5, 5.41) is 16.0. The summed E-state index contributed by atoms with van der Waals surface area (Å²) >= 11 is 2.16. The number of aromatic hydroxyl groups is 1. The molecule has 0 saturated carbocycles. The van der Waals surface area contributed by atoms with Crippen molar-refractivity contribution in [3.63, 3.8) is 0 Å². The highest BCUT2D eigenvalue weighted by atomic mass is 127. The van der Waals surface area contributed by atoms with Crippen molar-refractivity contribution in [1.29, 1.82) is 0 Å². The SMILES string of the molecule is O=C1c2cc(I)ccc2N[C@H](c2c(O)ccc3ccccc23)N1c1cccc(F)c1. The Kier molecular flexibility index (Phi) is 4.58. The van der Waals surface area contributed by atoms with Crippen LogP contribution in [-0.2, 0) is 0 Å². The van der Waals surface area contributed by atoms with Crippen molar-refractivity contribution in [3.05, 3.63) is 99.4 Å². The van der Waals surface area contributed by atoms with Crippen LogP contribution >= 0.6 is 22.6 Å². The average molecular weight is 510 g/mol. The van der Waals surface area contributed by atoms with Gasteiger partial charge in [0.25, 0.3) is 5.91 Å². The molecule has 4 aromatic rings. The Bertz CT molecular complexity index is 1310. The molecule has 0 fully saturated rings. The van der Waals surface area contributed by atoms with Gasteiger partial charge in [0.2, 0.25) is 0 Å². The van der Waals surface area contributed by atoms with E-state index in [1.807, 2.05) is 42.5 Å². The highest BCUT2D eigenvalue weighted by Gasteiger charge is 2.36. The Balaban J connectivity index is 1.78. The molecular formula is C24H16FIN2O2. The number of fused-ring (bicyclic) bond motifs is 2. The van der Waals surface area contributed by atoms with Gasteiger partial charge in [-0.2, -0.15) is 0 Å². The molecule has 0 radical (unpaired) electrons. The number of carbonyl (C=O) groups excluding carboxylic acids is 1. The number of nitrogens with one attached hydrogen (secondary N) is 1. The quantitative estimate of drug-likeness (QED) is 0.323. The van der Waals surface area contributed by atoms with E-state index in [9.17, 15) is 14.3 Å². The summed E-state index contributed by atoms with van der Waals surface area (Å²) in [5.41, 5.74) is 2.15. The van der Waals surface area contributed by atoms with Crippen molar-refractivity contribution in [2.24, 2.45) is 0 Å². The fraction of sp³-hybridized carbons (Fsp3) is 0.0417. The summed E-state index contributed by atoms with van der Waals surface area (Å²) in [6.07, 6.45) is -0.710. The van der Waals surface area contributed by atoms with E-state index in [0.29, 0.717) is 22.5 Å². The molecule has 0 saturated heterocycles. The Labute approximate surface area is 186 Å². The molecule has 2 N–H and O–H groups in total. The molecule has 6 heteroatoms. The van der Waals surface area contributed by atoms with Gasteiger partial charge >= 0.3 is 0 Å². The summed E-state index contributed by atoms with van der Waals surface area (Å²) in [5.74, 6) is -0.630. The maximum atomic E-state index is 14.1. The second kappa shape index (κ2) is 7.28. The third-order valence-corrected chi connectivity index (χ3v) is 5.96. The van der Waals surface area contributed by atoms with Crippen molar-refractivity contribution in [2.45, 2.75) is 6.17 Å². The van der Waals surface area contributed by atoms with Crippen LogP contribution in [-0.4, -0.2) is 11.0 Å². The van der Waals surface area contributed by atoms with Gasteiger partial charge in [-0.15, -0.1) is 0 Å². The van der Waals surface area contributed by atoms with Crippen LogP contribution in [0.4, 0.5) is 15.8 Å². The van der Waals surface area contributed by atoms with E-state index in [4.69, 9.17) is 0 Å². The van der Waals surface area contributed by atoms with Crippen LogP contribution in [0.5, 0.6) is 5.75 Å². The lowest BCUT2D eigenvalue weighted by Crippen LogP contribution is -2.43. The van der Waals surface area contributed by atoms with Crippen molar-refractivity contribution in [3.8, 4) is 5.75 Å². The summed E-state index contributed by atoms with van der Waals surface area (Å²) in [6.45, 7) is 0. The van der Waals surface area contributed by atoms with Crippen LogP contribution < -0.4 is 10.2 Å². The first-order valence-electron chi connectivity index (χ1n) is 9.39. The van der Waals surface area contributed by atoms with E-state index in [-0.39, 0.29) is 11.7 Å². The van der Waals surface area contributed by atoms with Crippen LogP contribution in [0.15, 0.2) is 78.9 Å². The van der Waals surface area contributed by atoms with Crippen molar-refractivity contribution < 1.29 is 14.3 Å². The molecule has 30 heavy (non-hydrogen) atoms. The first-order chi connectivity index (χ1) is 14.5. The van der Waals surface area contributed by atoms with Crippen LogP contribution in [0.1, 0.15) is 22.1 Å². The maximum Gasteiger partial charge on any atom is 0.262 e. The predicted octanol–water partition coefficient (Wildman–Crippen LogP) is 6.06. The lowest BCUT2D eigenvalue weighted by Gasteiger charge is -2.39. The van der Waals surface area contributed by atoms with E-state index >= 15 is 0 Å². The van der Waals surface area contributed by atoms with E-state index in [1.54, 1.807) is 24.3 Å². The monoisotopic (exact) mass is 510 g/mol. The van der Waals surface area contributed by atoms with E-state index in [2.05, 4.69) is 27.9 Å². The molecule has 1 atom stereocenters. The van der Waals surface area contributed by atoms with Crippen LogP contribution in [0.2, 0.25) is 0 Å². The number of rotatable bonds is 2. The van der Waals surface area contributed by atoms with Gasteiger partial charge in [0, 0.05) is 20.5 Å². The standard InChI is InChI=1S/C24H16FIN2O2/c25-15-5-3-6-17(12-15)28-23(27-20-10-9-16(26)13-19(20)24(28)30)22-18-7-2-1-4-14(18)8-11-21(22)29/h1-13,23,27,29H/t23-/m0/s1. The lowest BCUT2D eigenvalue weighted by molar-refractivity contribution is 0.0975. The summed E-state index contributed by atoms with van der Waals surface area (Å²) < 4.78 is 15.0. The van der Waals surface area contributed by atoms with Crippen LogP contribution in [0.3, 0.4) is 0 Å². The molecule has 5 rings (SSSR count). The fourth-order valence-corrected chi connectivity index (χ4v) is 4.43. The number of carbonyl (C=O) groups is 1. The van der Waals surface area contributed by atoms with E-state index in [1.165, 1.54) is 17.0 Å². The number of anilines is 2. The summed E-state index contributed by atoms with van der Waals surface area (Å²) in [6, 6.07) is 22.6. The number of benzene rings is 4. The molecule has 0 aliphatic carbocycles. The molecule has 1 aliphatic heterocycles. The molecule has 0 aromatic heterocycles. The fourth-order valence-electron chi connectivity index (χ4n) is 3.94. The highest BCUT2D eigenvalue weighted by molar-refractivity contribution is 14.1. The zero-order valence-corrected chi connectivity index (χ0v) is 17.8. The molecule has 1 aliphatic rings. The minimum atomic E-state index is -0.710. The molecular weight excluding hydrogens is 494 g/mol. The molecule has 0 bridgehead atoms. The van der Waals surface area contributed by atoms with Crippen LogP contribution in [0, 0.1) is 9.39 Å². The number of hydrogen-bond donors (Lipinski definition) is 2. The molecule has 0 unspecified atom stereocenters. The third kappa shape index (κ3) is 3.08. The van der Waals surface area contributed by atoms with Gasteiger partial charge in [0.1, 0.15) is 17.7 Å². The zero-order valence-electron chi connectivity index (χ0n) is 15.6. The van der Waals surface area contributed by atoms with E-state index in [0.717, 1.165) is 14.3 Å². The second-order valence-corrected chi connectivity index (χ2v) is 8.36. The number of halogens is 2. The predicted molar refractivity (Wildman–Crippen MR) is 124 cm³/mol. The maximum absolute atomic E-state index is 14.1. The molecule has 1 heterocycles. The van der Waals surface area contributed by atoms with Gasteiger partial charge in [0.05, 0.1) is 5.56 Å². The van der Waals surface area contributed by atoms with Crippen molar-refractivity contribution >= 4 is 50.6 Å². The van der Waals surface area contributed by atoms with Gasteiger partial charge in [-0.05, 0) is 75.8 Å². The largest absolute Gasteiger partial charge is 0.507 e. The lowest BCUT2D eigenvalue weighted by atomic mass is 9.97. The zero-order chi connectivity index (χ0) is 20.8. The molecule has 4 nitrogen and oxygen atoms in total. The van der Waals surface area contributed by atoms with Gasteiger partial charge < -0.3 is 10.4 Å². The average Bonchev–Trinajstić information content (AvgIpc) is 2.74. The minimum Gasteiger partial charge on any atom is -0.507 e. The molecule has 4 aromatic carbocycles. The van der Waals surface area contributed by atoms with Crippen molar-refractivity contribution in [1.82, 2.24) is 0 Å². The van der Waals surface area contributed by atoms with Crippen LogP contribution in [0.25, 0.3) is 10.8 Å². The normalized spacial score (nSPS) is 15.7. The van der Waals surface area contributed by atoms with E-state index < -0.39 is 12.0 Å². The number of hydrogen-bond acceptors (Lipinski definition) is 3. The van der Waals surface area contributed by atoms with Gasteiger partial charge in [0.15, 0.2) is 0 Å². The molecule has 0 spiro atoms. The van der Waals surface area contributed by atoms with Gasteiger partial charge in [-0.3, -0.25) is 9.69 Å². The minimum absolute atomic E-state index is 0.0642. The molecule has 1 amide bonds. The summed E-state index contributed by atoms with van der Waals surface area (Å²) in [4.78, 5) is 15.1. The number of nitrogens with zero attached hydrogens (tertiary/aromatic N) is 1.